The molecule has 98 heavy (non-hydrogen) atoms. The molecule has 1 heterocycles. The van der Waals surface area contributed by atoms with Crippen LogP contribution < -0.4 is 88.0 Å². The summed E-state index contributed by atoms with van der Waals surface area (Å²) in [4.78, 5) is 199. The highest BCUT2D eigenvalue weighted by molar-refractivity contribution is 7.98. The zero-order valence-corrected chi connectivity index (χ0v) is 54.6. The zero-order valence-electron chi connectivity index (χ0n) is 53.8. The quantitative estimate of drug-likeness (QED) is 0.0142. The monoisotopic (exact) mass is 1400 g/mol. The van der Waals surface area contributed by atoms with Crippen LogP contribution >= 0.6 is 11.8 Å². The molecule has 2 aromatic carbocycles. The van der Waals surface area contributed by atoms with Crippen molar-refractivity contribution in [3.8, 4) is 11.5 Å². The summed E-state index contributed by atoms with van der Waals surface area (Å²) in [6.45, 7) is 0.0703. The SMILES string of the molecule is CSCC[C@H](NC(=O)[C@H](Cc1cnc[nH]1)NC(=O)[C@H](CCCCN)NC(=O)[C@H](Cc1ccc(O)cc1)NC(=O)[C@H](CCC(N)=O)NC(=O)[C@H](CCC(N)=O)NC(=O)[C@H](CC(=O)O)NC(=O)[C@H](CCCN=C(N)N)NC(=O)[C@@H](N)CCC(N)=O)C(=O)N[C@@H](Cc1ccc(O)cc1)C(=O)O. The highest BCUT2D eigenvalue weighted by Gasteiger charge is 2.37. The Morgan fingerprint density at radius 2 is 0.857 bits per heavy atom. The molecule has 3 rings (SSSR count). The summed E-state index contributed by atoms with van der Waals surface area (Å²) in [7, 11) is 0. The number of carboxylic acids is 2. The molecular weight excluding hydrogens is 1310 g/mol. The second kappa shape index (κ2) is 42.7. The van der Waals surface area contributed by atoms with E-state index in [4.69, 9.17) is 40.1 Å². The fourth-order valence-electron chi connectivity index (χ4n) is 9.39. The molecule has 12 amide bonds. The lowest BCUT2D eigenvalue weighted by molar-refractivity contribution is -0.142. The summed E-state index contributed by atoms with van der Waals surface area (Å²) in [6, 6.07) is -5.32. The number of H-pyrrole nitrogens is 1. The maximum absolute atomic E-state index is 14.8. The van der Waals surface area contributed by atoms with E-state index in [0.29, 0.717) is 29.0 Å². The van der Waals surface area contributed by atoms with Crippen molar-refractivity contribution in [2.75, 3.05) is 25.1 Å². The van der Waals surface area contributed by atoms with Gasteiger partial charge in [0.25, 0.3) is 0 Å². The molecule has 0 unspecified atom stereocenters. The van der Waals surface area contributed by atoms with E-state index in [-0.39, 0.29) is 88.3 Å². The van der Waals surface area contributed by atoms with Gasteiger partial charge in [0.2, 0.25) is 70.9 Å². The molecule has 0 saturated heterocycles. The van der Waals surface area contributed by atoms with Crippen molar-refractivity contribution in [1.82, 2.24) is 57.8 Å². The number of imidazole rings is 1. The van der Waals surface area contributed by atoms with E-state index in [1.807, 2.05) is 0 Å². The number of hydrogen-bond acceptors (Lipinski definition) is 21. The standard InChI is InChI=1S/C60H89N19O18S/c1-98-24-21-41(55(92)79-45(59(96)97)26-32-9-13-35(81)14-10-32)75-57(94)43(27-33-29-68-30-70-33)77-51(88)37(5-2-3-22-61)72-56(93)42(25-31-7-11-34(80)12-8-31)76-54(91)40(17-20-48(65)84)73-53(90)39(16-19-47(64)83)74-58(95)44(28-49(85)86)78-52(89)38(6-4-23-69-60(66)67)71-50(87)36(62)15-18-46(63)82/h7-14,29-30,36-45,80-81H,2-6,15-28,61-62H2,1H3,(H2,63,82)(H2,64,83)(H2,65,84)(H,68,70)(H,71,87)(H,72,93)(H,73,90)(H,74,95)(H,75,94)(H,76,91)(H,77,88)(H,78,89)(H,79,92)(H,85,86)(H,96,97)(H4,66,67,69)/t36-,37-,38-,39-,40-,41-,42-,43-,44-,45-/m0/s1. The fourth-order valence-corrected chi connectivity index (χ4v) is 9.86. The lowest BCUT2D eigenvalue weighted by Crippen LogP contribution is -2.61. The summed E-state index contributed by atoms with van der Waals surface area (Å²) >= 11 is 1.32. The third kappa shape index (κ3) is 31.3. The molecule has 0 aliphatic heterocycles. The van der Waals surface area contributed by atoms with Crippen LogP contribution in [0.4, 0.5) is 0 Å². The Labute approximate surface area is 566 Å². The van der Waals surface area contributed by atoms with Gasteiger partial charge in [0.05, 0.1) is 18.8 Å². The number of phenols is 2. The van der Waals surface area contributed by atoms with E-state index in [0.717, 1.165) is 0 Å². The smallest absolute Gasteiger partial charge is 0.326 e. The van der Waals surface area contributed by atoms with Crippen LogP contribution in [-0.2, 0) is 86.4 Å². The Morgan fingerprint density at radius 3 is 1.28 bits per heavy atom. The highest BCUT2D eigenvalue weighted by atomic mass is 32.2. The molecule has 0 fully saturated rings. The van der Waals surface area contributed by atoms with E-state index in [1.165, 1.54) is 72.8 Å². The van der Waals surface area contributed by atoms with Gasteiger partial charge in [0.1, 0.15) is 65.9 Å². The zero-order chi connectivity index (χ0) is 73.0. The molecular formula is C60H89N19O18S. The number of aliphatic carboxylic acids is 2. The second-order valence-electron chi connectivity index (χ2n) is 22.6. The van der Waals surface area contributed by atoms with Crippen LogP contribution in [0.2, 0.25) is 0 Å². The largest absolute Gasteiger partial charge is 0.508 e. The molecule has 1 aromatic heterocycles. The van der Waals surface area contributed by atoms with Gasteiger partial charge >= 0.3 is 11.9 Å². The molecule has 538 valence electrons. The van der Waals surface area contributed by atoms with Crippen molar-refractivity contribution < 1.29 is 87.5 Å². The van der Waals surface area contributed by atoms with Crippen LogP contribution in [0, 0.1) is 0 Å². The number of aromatic amines is 1. The number of aromatic nitrogens is 2. The summed E-state index contributed by atoms with van der Waals surface area (Å²) in [6.07, 6.45) is -0.481. The predicted octanol–water partition coefficient (Wildman–Crippen LogP) is -6.17. The van der Waals surface area contributed by atoms with Gasteiger partial charge in [-0.25, -0.2) is 9.78 Å². The van der Waals surface area contributed by atoms with Crippen molar-refractivity contribution in [3.63, 3.8) is 0 Å². The van der Waals surface area contributed by atoms with Crippen LogP contribution in [0.5, 0.6) is 11.5 Å². The van der Waals surface area contributed by atoms with Gasteiger partial charge in [-0.15, -0.1) is 0 Å². The first-order valence-corrected chi connectivity index (χ1v) is 32.3. The molecule has 0 aliphatic rings. The van der Waals surface area contributed by atoms with E-state index < -0.39 is 182 Å². The first kappa shape index (κ1) is 81.6. The summed E-state index contributed by atoms with van der Waals surface area (Å²) < 4.78 is 0. The van der Waals surface area contributed by atoms with Crippen LogP contribution in [0.1, 0.15) is 100 Å². The number of carbonyl (C=O) groups excluding carboxylic acids is 12. The van der Waals surface area contributed by atoms with Crippen molar-refractivity contribution in [1.29, 1.82) is 0 Å². The first-order chi connectivity index (χ1) is 46.4. The number of carboxylic acid groups (broad SMARTS) is 2. The van der Waals surface area contributed by atoms with Crippen LogP contribution in [0.15, 0.2) is 66.0 Å². The number of benzene rings is 2. The number of primary amides is 3. The van der Waals surface area contributed by atoms with Crippen molar-refractivity contribution in [2.24, 2.45) is 45.1 Å². The van der Waals surface area contributed by atoms with Crippen molar-refractivity contribution in [3.05, 3.63) is 77.9 Å². The third-order valence-corrected chi connectivity index (χ3v) is 15.3. The number of nitrogens with two attached hydrogens (primary N) is 7. The molecule has 37 nitrogen and oxygen atoms in total. The maximum atomic E-state index is 14.8. The number of unbranched alkanes of at least 4 members (excludes halogenated alkanes) is 1. The Kier molecular flexibility index (Phi) is 35.6. The lowest BCUT2D eigenvalue weighted by Gasteiger charge is -2.28. The molecule has 28 N–H and O–H groups in total. The minimum Gasteiger partial charge on any atom is -0.508 e. The fraction of sp³-hybridized carbons (Fsp3) is 0.500. The maximum Gasteiger partial charge on any atom is 0.326 e. The second-order valence-corrected chi connectivity index (χ2v) is 23.6. The molecule has 38 heteroatoms. The Bertz CT molecular complexity index is 3230. The predicted molar refractivity (Wildman–Crippen MR) is 352 cm³/mol. The number of rotatable bonds is 47. The summed E-state index contributed by atoms with van der Waals surface area (Å²) in [5.41, 5.74) is 39.7. The van der Waals surface area contributed by atoms with E-state index in [1.54, 1.807) is 6.26 Å². The number of phenolic OH excluding ortho intramolecular Hbond substituents is 2. The van der Waals surface area contributed by atoms with Crippen LogP contribution in [0.3, 0.4) is 0 Å². The Hall–Kier alpha value is -10.6. The molecule has 0 bridgehead atoms. The van der Waals surface area contributed by atoms with Gasteiger partial charge in [0, 0.05) is 57.0 Å². The summed E-state index contributed by atoms with van der Waals surface area (Å²) in [5.74, 6) is -15.8. The van der Waals surface area contributed by atoms with E-state index in [9.17, 15) is 87.5 Å². The normalized spacial score (nSPS) is 14.0. The minimum atomic E-state index is -2.04. The number of aromatic hydroxyl groups is 2. The highest BCUT2D eigenvalue weighted by Crippen LogP contribution is 2.16. The Balaban J connectivity index is 2.02. The number of carbonyl (C=O) groups is 14. The number of hydrogen-bond donors (Lipinski definition) is 21. The number of nitrogens with one attached hydrogen (secondary N) is 10. The van der Waals surface area contributed by atoms with E-state index in [2.05, 4.69) is 62.8 Å². The van der Waals surface area contributed by atoms with Crippen molar-refractivity contribution in [2.45, 2.75) is 163 Å². The average Bonchev–Trinajstić information content (AvgIpc) is 1.01. The molecule has 0 radical (unpaired) electrons. The van der Waals surface area contributed by atoms with Gasteiger partial charge < -0.3 is 113 Å². The average molecular weight is 1400 g/mol. The van der Waals surface area contributed by atoms with Crippen LogP contribution in [0.25, 0.3) is 0 Å². The van der Waals surface area contributed by atoms with Gasteiger partial charge in [-0.05, 0) is 112 Å². The van der Waals surface area contributed by atoms with Crippen LogP contribution in [-0.4, -0.2) is 205 Å². The van der Waals surface area contributed by atoms with Gasteiger partial charge in [-0.1, -0.05) is 24.3 Å². The number of guanidine groups is 1. The lowest BCUT2D eigenvalue weighted by atomic mass is 10.0. The number of thioether (sulfide) groups is 1. The number of nitrogens with zero attached hydrogens (tertiary/aromatic N) is 2. The molecule has 0 saturated carbocycles. The minimum absolute atomic E-state index is 0.00617. The topological polar surface area (TPSA) is 651 Å². The molecule has 10 atom stereocenters. The summed E-state index contributed by atoms with van der Waals surface area (Å²) in [5, 5.41) is 61.8. The Morgan fingerprint density at radius 1 is 0.480 bits per heavy atom. The van der Waals surface area contributed by atoms with Gasteiger partial charge in [0.15, 0.2) is 5.96 Å². The first-order valence-electron chi connectivity index (χ1n) is 31.0. The number of aliphatic imine (C=N–C) groups is 1. The number of amides is 12. The van der Waals surface area contributed by atoms with Gasteiger partial charge in [-0.2, -0.15) is 11.8 Å². The van der Waals surface area contributed by atoms with E-state index >= 15 is 0 Å². The molecule has 3 aromatic rings. The molecule has 0 aliphatic carbocycles. The van der Waals surface area contributed by atoms with Crippen molar-refractivity contribution >= 4 is 101 Å². The third-order valence-electron chi connectivity index (χ3n) is 14.7. The molecule has 0 spiro atoms. The van der Waals surface area contributed by atoms with Gasteiger partial charge in [-0.3, -0.25) is 67.3 Å².